The number of hydrogen-bond acceptors (Lipinski definition) is 5. The van der Waals surface area contributed by atoms with Crippen LogP contribution in [0.15, 0.2) is 52.9 Å². The van der Waals surface area contributed by atoms with Crippen LogP contribution in [0.4, 0.5) is 4.79 Å². The number of aromatic nitrogens is 1. The minimum atomic E-state index is -0.287. The third kappa shape index (κ3) is 3.79. The molecule has 0 bridgehead atoms. The SMILES string of the molecule is O=C(Oc1ccc(OCc2nc3ccccc3o2)cc1)N1CCCCC1. The molecule has 2 heterocycles. The molecule has 1 aliphatic rings. The number of carbonyl (C=O) groups is 1. The van der Waals surface area contributed by atoms with Gasteiger partial charge in [-0.1, -0.05) is 12.1 Å². The molecule has 0 unspecified atom stereocenters. The summed E-state index contributed by atoms with van der Waals surface area (Å²) in [6.07, 6.45) is 2.97. The summed E-state index contributed by atoms with van der Waals surface area (Å²) in [4.78, 5) is 18.2. The van der Waals surface area contributed by atoms with Gasteiger partial charge in [0.15, 0.2) is 12.2 Å². The number of fused-ring (bicyclic) bond motifs is 1. The van der Waals surface area contributed by atoms with Gasteiger partial charge in [0.2, 0.25) is 5.89 Å². The van der Waals surface area contributed by atoms with Crippen LogP contribution in [0.2, 0.25) is 0 Å². The van der Waals surface area contributed by atoms with E-state index in [-0.39, 0.29) is 12.7 Å². The number of para-hydroxylation sites is 2. The average molecular weight is 352 g/mol. The number of likely N-dealkylation sites (tertiary alicyclic amines) is 1. The zero-order valence-corrected chi connectivity index (χ0v) is 14.4. The summed E-state index contributed by atoms with van der Waals surface area (Å²) in [5.74, 6) is 1.69. The van der Waals surface area contributed by atoms with Crippen molar-refractivity contribution in [1.82, 2.24) is 9.88 Å². The number of piperidine rings is 1. The van der Waals surface area contributed by atoms with Gasteiger partial charge in [-0.15, -0.1) is 0 Å². The first-order chi connectivity index (χ1) is 12.8. The van der Waals surface area contributed by atoms with Crippen molar-refractivity contribution in [3.8, 4) is 11.5 Å². The van der Waals surface area contributed by atoms with Crippen LogP contribution in [0.25, 0.3) is 11.1 Å². The summed E-state index contributed by atoms with van der Waals surface area (Å²) >= 11 is 0. The number of carbonyl (C=O) groups excluding carboxylic acids is 1. The molecular formula is C20H20N2O4. The zero-order chi connectivity index (χ0) is 17.8. The van der Waals surface area contributed by atoms with Crippen LogP contribution in [0, 0.1) is 0 Å². The van der Waals surface area contributed by atoms with Crippen LogP contribution < -0.4 is 9.47 Å². The van der Waals surface area contributed by atoms with Gasteiger partial charge < -0.3 is 18.8 Å². The Bertz CT molecular complexity index is 849. The van der Waals surface area contributed by atoms with Gasteiger partial charge in [-0.3, -0.25) is 0 Å². The maximum absolute atomic E-state index is 12.1. The highest BCUT2D eigenvalue weighted by atomic mass is 16.6. The van der Waals surface area contributed by atoms with Crippen molar-refractivity contribution in [1.29, 1.82) is 0 Å². The molecule has 1 saturated heterocycles. The van der Waals surface area contributed by atoms with Gasteiger partial charge in [-0.05, 0) is 55.7 Å². The van der Waals surface area contributed by atoms with Crippen molar-refractivity contribution < 1.29 is 18.7 Å². The third-order valence-electron chi connectivity index (χ3n) is 4.34. The molecule has 26 heavy (non-hydrogen) atoms. The normalized spacial score (nSPS) is 14.4. The largest absolute Gasteiger partial charge is 0.484 e. The van der Waals surface area contributed by atoms with E-state index in [2.05, 4.69) is 4.98 Å². The maximum atomic E-state index is 12.1. The van der Waals surface area contributed by atoms with Crippen LogP contribution in [0.5, 0.6) is 11.5 Å². The molecule has 0 radical (unpaired) electrons. The highest BCUT2D eigenvalue weighted by Gasteiger charge is 2.18. The van der Waals surface area contributed by atoms with E-state index in [9.17, 15) is 4.79 Å². The minimum absolute atomic E-state index is 0.238. The summed E-state index contributed by atoms with van der Waals surface area (Å²) in [5, 5.41) is 0. The summed E-state index contributed by atoms with van der Waals surface area (Å²) in [6.45, 7) is 1.77. The molecule has 1 aliphatic heterocycles. The summed E-state index contributed by atoms with van der Waals surface area (Å²) in [6, 6.07) is 14.6. The summed E-state index contributed by atoms with van der Waals surface area (Å²) < 4.78 is 16.7. The Morgan fingerprint density at radius 2 is 1.73 bits per heavy atom. The maximum Gasteiger partial charge on any atom is 0.415 e. The van der Waals surface area contributed by atoms with Crippen LogP contribution >= 0.6 is 0 Å². The van der Waals surface area contributed by atoms with Crippen LogP contribution in [-0.4, -0.2) is 29.1 Å². The van der Waals surface area contributed by atoms with Crippen molar-refractivity contribution in [2.75, 3.05) is 13.1 Å². The van der Waals surface area contributed by atoms with Gasteiger partial charge in [0.25, 0.3) is 0 Å². The number of hydrogen-bond donors (Lipinski definition) is 0. The minimum Gasteiger partial charge on any atom is -0.484 e. The first-order valence-electron chi connectivity index (χ1n) is 8.82. The van der Waals surface area contributed by atoms with Gasteiger partial charge >= 0.3 is 6.09 Å². The van der Waals surface area contributed by atoms with E-state index in [1.54, 1.807) is 29.2 Å². The molecule has 3 aromatic rings. The topological polar surface area (TPSA) is 64.8 Å². The van der Waals surface area contributed by atoms with Gasteiger partial charge in [-0.25, -0.2) is 9.78 Å². The smallest absolute Gasteiger partial charge is 0.415 e. The Hall–Kier alpha value is -3.02. The molecule has 4 rings (SSSR count). The zero-order valence-electron chi connectivity index (χ0n) is 14.4. The number of rotatable bonds is 4. The molecule has 0 N–H and O–H groups in total. The lowest BCUT2D eigenvalue weighted by Crippen LogP contribution is -2.37. The van der Waals surface area contributed by atoms with Gasteiger partial charge in [0, 0.05) is 13.1 Å². The van der Waals surface area contributed by atoms with Crippen molar-refractivity contribution in [2.24, 2.45) is 0 Å². The molecule has 134 valence electrons. The molecule has 1 amide bonds. The number of nitrogens with zero attached hydrogens (tertiary/aromatic N) is 2. The fraction of sp³-hybridized carbons (Fsp3) is 0.300. The lowest BCUT2D eigenvalue weighted by molar-refractivity contribution is 0.142. The Morgan fingerprint density at radius 1 is 1.00 bits per heavy atom. The van der Waals surface area contributed by atoms with Crippen LogP contribution in [0.1, 0.15) is 25.2 Å². The van der Waals surface area contributed by atoms with E-state index in [0.717, 1.165) is 37.0 Å². The predicted molar refractivity (Wildman–Crippen MR) is 96.2 cm³/mol. The lowest BCUT2D eigenvalue weighted by atomic mass is 10.1. The van der Waals surface area contributed by atoms with E-state index in [0.29, 0.717) is 17.4 Å². The standard InChI is InChI=1S/C20H20N2O4/c23-20(22-12-4-1-5-13-22)25-16-10-8-15(9-11-16)24-14-19-21-17-6-2-3-7-18(17)26-19/h2-3,6-11H,1,4-5,12-14H2. The number of ether oxygens (including phenoxy) is 2. The highest BCUT2D eigenvalue weighted by Crippen LogP contribution is 2.21. The Labute approximate surface area is 151 Å². The second-order valence-corrected chi connectivity index (χ2v) is 6.25. The van der Waals surface area contributed by atoms with Crippen molar-refractivity contribution in [3.63, 3.8) is 0 Å². The van der Waals surface area contributed by atoms with Gasteiger partial charge in [0.05, 0.1) is 0 Å². The number of amides is 1. The molecule has 2 aromatic carbocycles. The first kappa shape index (κ1) is 16.4. The van der Waals surface area contributed by atoms with E-state index in [1.807, 2.05) is 24.3 Å². The lowest BCUT2D eigenvalue weighted by Gasteiger charge is -2.25. The summed E-state index contributed by atoms with van der Waals surface area (Å²) in [7, 11) is 0. The molecule has 6 nitrogen and oxygen atoms in total. The molecular weight excluding hydrogens is 332 g/mol. The van der Waals surface area contributed by atoms with E-state index in [1.165, 1.54) is 6.42 Å². The molecule has 0 spiro atoms. The van der Waals surface area contributed by atoms with Crippen molar-refractivity contribution in [2.45, 2.75) is 25.9 Å². The van der Waals surface area contributed by atoms with E-state index >= 15 is 0 Å². The first-order valence-corrected chi connectivity index (χ1v) is 8.82. The molecule has 1 aromatic heterocycles. The molecule has 1 fully saturated rings. The number of benzene rings is 2. The fourth-order valence-electron chi connectivity index (χ4n) is 2.97. The van der Waals surface area contributed by atoms with Crippen molar-refractivity contribution in [3.05, 3.63) is 54.4 Å². The summed E-state index contributed by atoms with van der Waals surface area (Å²) in [5.41, 5.74) is 1.55. The van der Waals surface area contributed by atoms with Gasteiger partial charge in [-0.2, -0.15) is 0 Å². The van der Waals surface area contributed by atoms with Crippen molar-refractivity contribution >= 4 is 17.2 Å². The fourth-order valence-corrected chi connectivity index (χ4v) is 2.97. The van der Waals surface area contributed by atoms with Crippen LogP contribution in [0.3, 0.4) is 0 Å². The highest BCUT2D eigenvalue weighted by molar-refractivity contribution is 5.72. The monoisotopic (exact) mass is 352 g/mol. The number of oxazole rings is 1. The average Bonchev–Trinajstić information content (AvgIpc) is 3.11. The third-order valence-corrected chi connectivity index (χ3v) is 4.34. The predicted octanol–water partition coefficient (Wildman–Crippen LogP) is 4.39. The van der Waals surface area contributed by atoms with Crippen LogP contribution in [-0.2, 0) is 6.61 Å². The molecule has 6 heteroatoms. The molecule has 0 saturated carbocycles. The van der Waals surface area contributed by atoms with E-state index < -0.39 is 0 Å². The molecule has 0 atom stereocenters. The molecule has 0 aliphatic carbocycles. The Morgan fingerprint density at radius 3 is 2.50 bits per heavy atom. The van der Waals surface area contributed by atoms with E-state index in [4.69, 9.17) is 13.9 Å². The second kappa shape index (κ2) is 7.47. The Kier molecular flexibility index (Phi) is 4.73. The quantitative estimate of drug-likeness (QED) is 0.697. The second-order valence-electron chi connectivity index (χ2n) is 6.25. The Balaban J connectivity index is 1.33. The van der Waals surface area contributed by atoms with Gasteiger partial charge in [0.1, 0.15) is 17.0 Å².